The summed E-state index contributed by atoms with van der Waals surface area (Å²) in [5.41, 5.74) is 0.867. The molecule has 13 heteroatoms. The Morgan fingerprint density at radius 3 is 2.75 bits per heavy atom. The minimum absolute atomic E-state index is 0.0101. The molecule has 5 rings (SSSR count). The van der Waals surface area contributed by atoms with Gasteiger partial charge in [-0.15, -0.1) is 11.3 Å². The lowest BCUT2D eigenvalue weighted by molar-refractivity contribution is -0.134. The van der Waals surface area contributed by atoms with Gasteiger partial charge in [0.25, 0.3) is 5.91 Å². The highest BCUT2D eigenvalue weighted by Crippen LogP contribution is 2.35. The van der Waals surface area contributed by atoms with E-state index in [9.17, 15) is 19.2 Å². The molecule has 4 heterocycles. The zero-order valence-electron chi connectivity index (χ0n) is 18.5. The number of thiazole rings is 1. The van der Waals surface area contributed by atoms with Crippen LogP contribution in [-0.4, -0.2) is 63.0 Å². The number of fused-ring (bicyclic) bond motifs is 1. The number of aromatic nitrogens is 2. The summed E-state index contributed by atoms with van der Waals surface area (Å²) in [5, 5.41) is 15.6. The molecule has 2 aromatic heterocycles. The number of hydrogen-bond acceptors (Lipinski definition) is 9. The number of carbonyl (C=O) groups excluding carboxylic acids is 3. The third kappa shape index (κ3) is 4.55. The number of anilines is 1. The van der Waals surface area contributed by atoms with Crippen molar-refractivity contribution in [2.24, 2.45) is 0 Å². The number of rotatable bonds is 7. The first kappa shape index (κ1) is 23.2. The lowest BCUT2D eigenvalue weighted by Gasteiger charge is -2.24. The number of aromatic carboxylic acids is 1. The van der Waals surface area contributed by atoms with Crippen molar-refractivity contribution in [3.8, 4) is 11.5 Å². The maximum absolute atomic E-state index is 13.5. The van der Waals surface area contributed by atoms with Crippen LogP contribution in [-0.2, 0) is 16.0 Å². The largest absolute Gasteiger partial charge is 0.486 e. The van der Waals surface area contributed by atoms with Crippen LogP contribution >= 0.6 is 11.3 Å². The van der Waals surface area contributed by atoms with Crippen molar-refractivity contribution in [2.75, 3.05) is 18.5 Å². The van der Waals surface area contributed by atoms with Gasteiger partial charge in [-0.25, -0.2) is 19.5 Å². The van der Waals surface area contributed by atoms with Gasteiger partial charge in [0, 0.05) is 24.2 Å². The fourth-order valence-corrected chi connectivity index (χ4v) is 4.60. The molecule has 36 heavy (non-hydrogen) atoms. The summed E-state index contributed by atoms with van der Waals surface area (Å²) in [7, 11) is 0. The predicted molar refractivity (Wildman–Crippen MR) is 125 cm³/mol. The van der Waals surface area contributed by atoms with Gasteiger partial charge in [0.1, 0.15) is 25.3 Å². The van der Waals surface area contributed by atoms with Crippen LogP contribution in [0.1, 0.15) is 27.7 Å². The number of nitrogens with one attached hydrogen (secondary N) is 2. The second-order valence-corrected chi connectivity index (χ2v) is 8.77. The number of pyridine rings is 1. The van der Waals surface area contributed by atoms with Crippen LogP contribution in [0.3, 0.4) is 0 Å². The molecule has 0 spiro atoms. The van der Waals surface area contributed by atoms with Crippen molar-refractivity contribution in [3.05, 3.63) is 64.9 Å². The number of nitrogens with zero attached hydrogens (tertiary/aromatic N) is 3. The van der Waals surface area contributed by atoms with Crippen LogP contribution in [0.5, 0.6) is 11.5 Å². The zero-order valence-corrected chi connectivity index (χ0v) is 19.4. The molecule has 0 saturated carbocycles. The van der Waals surface area contributed by atoms with Gasteiger partial charge in [-0.05, 0) is 29.3 Å². The van der Waals surface area contributed by atoms with Crippen LogP contribution in [0.4, 0.5) is 9.93 Å². The summed E-state index contributed by atoms with van der Waals surface area (Å²) in [6.45, 7) is 0.776. The Bertz CT molecular complexity index is 1350. The van der Waals surface area contributed by atoms with Crippen molar-refractivity contribution in [2.45, 2.75) is 18.5 Å². The Balaban J connectivity index is 1.42. The molecule has 4 amide bonds. The highest BCUT2D eigenvalue weighted by Gasteiger charge is 2.45. The van der Waals surface area contributed by atoms with E-state index in [0.29, 0.717) is 35.8 Å². The lowest BCUT2D eigenvalue weighted by Crippen LogP contribution is -2.49. The smallest absolute Gasteiger partial charge is 0.355 e. The molecule has 2 aliphatic rings. The maximum Gasteiger partial charge on any atom is 0.355 e. The molecule has 2 atom stereocenters. The van der Waals surface area contributed by atoms with Gasteiger partial charge in [0.05, 0.1) is 0 Å². The van der Waals surface area contributed by atoms with E-state index < -0.39 is 35.9 Å². The molecular formula is C23H19N5O7S. The number of carbonyl (C=O) groups is 4. The quantitative estimate of drug-likeness (QED) is 0.404. The first-order chi connectivity index (χ1) is 17.4. The first-order valence-corrected chi connectivity index (χ1v) is 11.7. The molecule has 1 fully saturated rings. The van der Waals surface area contributed by atoms with Crippen LogP contribution in [0.15, 0.2) is 48.1 Å². The Morgan fingerprint density at radius 2 is 2.03 bits per heavy atom. The Hall–Kier alpha value is -4.52. The summed E-state index contributed by atoms with van der Waals surface area (Å²) >= 11 is 0.919. The first-order valence-electron chi connectivity index (χ1n) is 10.8. The molecule has 2 aliphatic heterocycles. The fraction of sp³-hybridized carbons (Fsp3) is 0.217. The second-order valence-electron chi connectivity index (χ2n) is 7.91. The molecule has 0 aliphatic carbocycles. The number of hydrogen-bond donors (Lipinski definition) is 3. The SMILES string of the molecule is O=C(O)c1csc(NC(=O)C(Cc2cccnc2)N2C(=O)NC(c3ccc4c(c3)OCCO4)C2=O)n1. The number of amides is 4. The van der Waals surface area contributed by atoms with Crippen molar-refractivity contribution in [1.82, 2.24) is 20.2 Å². The monoisotopic (exact) mass is 509 g/mol. The van der Waals surface area contributed by atoms with Gasteiger partial charge in [-0.2, -0.15) is 0 Å². The van der Waals surface area contributed by atoms with Crippen molar-refractivity contribution < 1.29 is 33.8 Å². The average Bonchev–Trinajstić information content (AvgIpc) is 3.47. The minimum atomic E-state index is -1.25. The van der Waals surface area contributed by atoms with E-state index in [2.05, 4.69) is 20.6 Å². The Labute approximate surface area is 207 Å². The average molecular weight is 510 g/mol. The van der Waals surface area contributed by atoms with Crippen molar-refractivity contribution >= 4 is 40.3 Å². The molecular weight excluding hydrogens is 490 g/mol. The molecule has 1 aromatic carbocycles. The molecule has 3 aromatic rings. The van der Waals surface area contributed by atoms with Crippen LogP contribution in [0.25, 0.3) is 0 Å². The van der Waals surface area contributed by atoms with E-state index in [0.717, 1.165) is 16.2 Å². The molecule has 0 bridgehead atoms. The molecule has 12 nitrogen and oxygen atoms in total. The number of ether oxygens (including phenoxy) is 2. The number of carboxylic acids is 1. The van der Waals surface area contributed by atoms with Gasteiger partial charge in [0.2, 0.25) is 5.91 Å². The molecule has 3 N–H and O–H groups in total. The van der Waals surface area contributed by atoms with E-state index in [4.69, 9.17) is 14.6 Å². The third-order valence-electron chi connectivity index (χ3n) is 5.59. The van der Waals surface area contributed by atoms with Crippen molar-refractivity contribution in [1.29, 1.82) is 0 Å². The van der Waals surface area contributed by atoms with Gasteiger partial charge in [-0.3, -0.25) is 14.6 Å². The van der Waals surface area contributed by atoms with Crippen LogP contribution in [0.2, 0.25) is 0 Å². The number of urea groups is 1. The summed E-state index contributed by atoms with van der Waals surface area (Å²) in [4.78, 5) is 59.6. The highest BCUT2D eigenvalue weighted by atomic mass is 32.1. The van der Waals surface area contributed by atoms with Crippen LogP contribution < -0.4 is 20.1 Å². The normalized spacial score (nSPS) is 17.4. The Morgan fingerprint density at radius 1 is 1.22 bits per heavy atom. The zero-order chi connectivity index (χ0) is 25.2. The standard InChI is InChI=1S/C23H19N5O7S/c29-19(27-22-25-14(11-36-22)21(31)32)15(8-12-2-1-5-24-10-12)28-20(30)18(26-23(28)33)13-3-4-16-17(9-13)35-7-6-34-16/h1-5,9-11,15,18H,6-8H2,(H,26,33)(H,31,32)(H,25,27,29). The van der Waals surface area contributed by atoms with E-state index in [-0.39, 0.29) is 17.2 Å². The summed E-state index contributed by atoms with van der Waals surface area (Å²) in [6.07, 6.45) is 3.08. The van der Waals surface area contributed by atoms with Gasteiger partial charge in [0.15, 0.2) is 22.3 Å². The van der Waals surface area contributed by atoms with Crippen LogP contribution in [0, 0.1) is 0 Å². The van der Waals surface area contributed by atoms with E-state index in [1.165, 1.54) is 11.6 Å². The molecule has 2 unspecified atom stereocenters. The summed E-state index contributed by atoms with van der Waals surface area (Å²) in [5.74, 6) is -1.56. The minimum Gasteiger partial charge on any atom is -0.486 e. The molecule has 184 valence electrons. The Kier molecular flexibility index (Phi) is 6.21. The van der Waals surface area contributed by atoms with Crippen molar-refractivity contribution in [3.63, 3.8) is 0 Å². The summed E-state index contributed by atoms with van der Waals surface area (Å²) in [6, 6.07) is 5.31. The second kappa shape index (κ2) is 9.62. The maximum atomic E-state index is 13.5. The number of carboxylic acid groups (broad SMARTS) is 1. The number of benzene rings is 1. The van der Waals surface area contributed by atoms with Gasteiger partial charge in [-0.1, -0.05) is 12.1 Å². The highest BCUT2D eigenvalue weighted by molar-refractivity contribution is 7.14. The third-order valence-corrected chi connectivity index (χ3v) is 6.35. The predicted octanol–water partition coefficient (Wildman–Crippen LogP) is 1.85. The van der Waals surface area contributed by atoms with E-state index in [1.54, 1.807) is 36.5 Å². The van der Waals surface area contributed by atoms with Gasteiger partial charge >= 0.3 is 12.0 Å². The lowest BCUT2D eigenvalue weighted by atomic mass is 10.0. The fourth-order valence-electron chi connectivity index (χ4n) is 3.92. The molecule has 0 radical (unpaired) electrons. The topological polar surface area (TPSA) is 160 Å². The summed E-state index contributed by atoms with van der Waals surface area (Å²) < 4.78 is 11.1. The van der Waals surface area contributed by atoms with Gasteiger partial charge < -0.3 is 25.2 Å². The number of imide groups is 1. The van der Waals surface area contributed by atoms with E-state index in [1.807, 2.05) is 0 Å². The van der Waals surface area contributed by atoms with E-state index >= 15 is 0 Å². The molecule has 1 saturated heterocycles.